The molecule has 0 aliphatic carbocycles. The molecule has 5 nitrogen and oxygen atoms in total. The second-order valence-corrected chi connectivity index (χ2v) is 8.07. The van der Waals surface area contributed by atoms with E-state index >= 15 is 0 Å². The van der Waals surface area contributed by atoms with Gasteiger partial charge in [0.05, 0.1) is 4.91 Å². The van der Waals surface area contributed by atoms with Crippen molar-refractivity contribution >= 4 is 10.0 Å². The molecule has 1 heterocycles. The summed E-state index contributed by atoms with van der Waals surface area (Å²) in [6, 6.07) is 0.320. The molecule has 1 unspecified atom stereocenters. The van der Waals surface area contributed by atoms with Gasteiger partial charge in [0.15, 0.2) is 0 Å². The highest BCUT2D eigenvalue weighted by Crippen LogP contribution is 2.23. The Balaban J connectivity index is 2.61. The molecule has 0 saturated carbocycles. The molecule has 6 heteroatoms. The van der Waals surface area contributed by atoms with E-state index in [-0.39, 0.29) is 0 Å². The standard InChI is InChI=1S/C16H31N3O2S/c1-6-9-16(7-2)22(20,21)19-13-10-15(14-19)18(5)12-8-11-17(3)4/h6-7,9,15H,8,10-14H2,1-5H3. The van der Waals surface area contributed by atoms with Gasteiger partial charge < -0.3 is 9.80 Å². The molecule has 1 aliphatic heterocycles. The summed E-state index contributed by atoms with van der Waals surface area (Å²) in [5.74, 6) is 0. The molecule has 1 atom stereocenters. The number of likely N-dealkylation sites (N-methyl/N-ethyl adjacent to an activating group) is 1. The van der Waals surface area contributed by atoms with E-state index in [1.807, 2.05) is 6.92 Å². The minimum absolute atomic E-state index is 0.320. The maximum Gasteiger partial charge on any atom is 0.242 e. The lowest BCUT2D eigenvalue weighted by Gasteiger charge is -2.25. The van der Waals surface area contributed by atoms with E-state index in [0.717, 1.165) is 25.9 Å². The fourth-order valence-corrected chi connectivity index (χ4v) is 4.37. The van der Waals surface area contributed by atoms with E-state index in [2.05, 4.69) is 30.9 Å². The van der Waals surface area contributed by atoms with Crippen LogP contribution >= 0.6 is 0 Å². The molecule has 0 spiro atoms. The van der Waals surface area contributed by atoms with Gasteiger partial charge in [0, 0.05) is 19.1 Å². The zero-order valence-electron chi connectivity index (χ0n) is 14.6. The van der Waals surface area contributed by atoms with E-state index in [9.17, 15) is 8.42 Å². The molecular weight excluding hydrogens is 298 g/mol. The number of rotatable bonds is 8. The number of hydrogen-bond donors (Lipinski definition) is 0. The van der Waals surface area contributed by atoms with E-state index in [1.165, 1.54) is 0 Å². The van der Waals surface area contributed by atoms with Crippen LogP contribution in [0, 0.1) is 0 Å². The lowest BCUT2D eigenvalue weighted by atomic mass is 10.2. The first-order valence-electron chi connectivity index (χ1n) is 7.97. The van der Waals surface area contributed by atoms with Gasteiger partial charge in [0.2, 0.25) is 10.0 Å². The Morgan fingerprint density at radius 3 is 2.45 bits per heavy atom. The summed E-state index contributed by atoms with van der Waals surface area (Å²) in [4.78, 5) is 4.87. The first kappa shape index (κ1) is 19.4. The van der Waals surface area contributed by atoms with E-state index in [0.29, 0.717) is 24.0 Å². The quantitative estimate of drug-likeness (QED) is 0.637. The fraction of sp³-hybridized carbons (Fsp3) is 0.750. The molecule has 0 bridgehead atoms. The summed E-state index contributed by atoms with van der Waals surface area (Å²) in [5, 5.41) is 0. The molecule has 0 aromatic heterocycles. The van der Waals surface area contributed by atoms with Crippen LogP contribution in [0.25, 0.3) is 0 Å². The normalized spacial score (nSPS) is 21.6. The molecule has 128 valence electrons. The Labute approximate surface area is 136 Å². The minimum Gasteiger partial charge on any atom is -0.309 e. The number of sulfonamides is 1. The van der Waals surface area contributed by atoms with Gasteiger partial charge in [-0.3, -0.25) is 0 Å². The van der Waals surface area contributed by atoms with Gasteiger partial charge in [-0.15, -0.1) is 0 Å². The van der Waals surface area contributed by atoms with Crippen LogP contribution in [0.1, 0.15) is 26.7 Å². The summed E-state index contributed by atoms with van der Waals surface area (Å²) < 4.78 is 26.8. The molecule has 0 amide bonds. The van der Waals surface area contributed by atoms with Gasteiger partial charge in [-0.25, -0.2) is 8.42 Å². The predicted molar refractivity (Wildman–Crippen MR) is 93.3 cm³/mol. The summed E-state index contributed by atoms with van der Waals surface area (Å²) in [7, 11) is 2.90. The lowest BCUT2D eigenvalue weighted by Crippen LogP contribution is -2.37. The van der Waals surface area contributed by atoms with Crippen molar-refractivity contribution in [2.24, 2.45) is 0 Å². The minimum atomic E-state index is -3.34. The molecule has 1 aliphatic rings. The molecule has 22 heavy (non-hydrogen) atoms. The number of allylic oxidation sites excluding steroid dienone is 3. The third-order valence-electron chi connectivity index (χ3n) is 4.12. The number of nitrogens with zero attached hydrogens (tertiary/aromatic N) is 3. The largest absolute Gasteiger partial charge is 0.309 e. The van der Waals surface area contributed by atoms with Gasteiger partial charge in [-0.1, -0.05) is 12.2 Å². The highest BCUT2D eigenvalue weighted by atomic mass is 32.2. The Morgan fingerprint density at radius 1 is 1.23 bits per heavy atom. The Kier molecular flexibility index (Phi) is 7.76. The average molecular weight is 330 g/mol. The monoisotopic (exact) mass is 329 g/mol. The third kappa shape index (κ3) is 5.19. The third-order valence-corrected chi connectivity index (χ3v) is 6.10. The Morgan fingerprint density at radius 2 is 1.91 bits per heavy atom. The van der Waals surface area contributed by atoms with Crippen molar-refractivity contribution in [2.75, 3.05) is 47.3 Å². The molecule has 0 radical (unpaired) electrons. The van der Waals surface area contributed by atoms with Crippen molar-refractivity contribution in [1.82, 2.24) is 14.1 Å². The second kappa shape index (κ2) is 8.82. The molecular formula is C16H31N3O2S. The summed E-state index contributed by atoms with van der Waals surface area (Å²) in [6.07, 6.45) is 7.12. The van der Waals surface area contributed by atoms with E-state index in [1.54, 1.807) is 29.5 Å². The van der Waals surface area contributed by atoms with Gasteiger partial charge in [-0.05, 0) is 67.0 Å². The van der Waals surface area contributed by atoms with Crippen LogP contribution in [0.15, 0.2) is 23.1 Å². The molecule has 0 aromatic rings. The van der Waals surface area contributed by atoms with Crippen LogP contribution in [0.2, 0.25) is 0 Å². The molecule has 1 fully saturated rings. The average Bonchev–Trinajstić information content (AvgIpc) is 2.94. The van der Waals surface area contributed by atoms with Crippen molar-refractivity contribution in [2.45, 2.75) is 32.7 Å². The number of hydrogen-bond acceptors (Lipinski definition) is 4. The second-order valence-electron chi connectivity index (χ2n) is 6.13. The zero-order chi connectivity index (χ0) is 16.8. The van der Waals surface area contributed by atoms with Crippen molar-refractivity contribution in [1.29, 1.82) is 0 Å². The molecule has 1 saturated heterocycles. The van der Waals surface area contributed by atoms with E-state index in [4.69, 9.17) is 0 Å². The van der Waals surface area contributed by atoms with Crippen LogP contribution < -0.4 is 0 Å². The molecule has 0 N–H and O–H groups in total. The van der Waals surface area contributed by atoms with Gasteiger partial charge in [0.25, 0.3) is 0 Å². The Hall–Kier alpha value is -0.690. The zero-order valence-corrected chi connectivity index (χ0v) is 15.4. The predicted octanol–water partition coefficient (Wildman–Crippen LogP) is 1.75. The summed E-state index contributed by atoms with van der Waals surface area (Å²) >= 11 is 0. The fourth-order valence-electron chi connectivity index (χ4n) is 2.75. The van der Waals surface area contributed by atoms with Crippen molar-refractivity contribution in [3.05, 3.63) is 23.1 Å². The van der Waals surface area contributed by atoms with Crippen molar-refractivity contribution < 1.29 is 8.42 Å². The topological polar surface area (TPSA) is 43.9 Å². The lowest BCUT2D eigenvalue weighted by molar-refractivity contribution is 0.235. The summed E-state index contributed by atoms with van der Waals surface area (Å²) in [5.41, 5.74) is 0. The van der Waals surface area contributed by atoms with Crippen LogP contribution in [0.5, 0.6) is 0 Å². The van der Waals surface area contributed by atoms with Crippen LogP contribution in [0.3, 0.4) is 0 Å². The van der Waals surface area contributed by atoms with Crippen LogP contribution in [0.4, 0.5) is 0 Å². The highest BCUT2D eigenvalue weighted by molar-refractivity contribution is 7.93. The van der Waals surface area contributed by atoms with Crippen molar-refractivity contribution in [3.8, 4) is 0 Å². The highest BCUT2D eigenvalue weighted by Gasteiger charge is 2.34. The molecule has 1 rings (SSSR count). The van der Waals surface area contributed by atoms with Crippen LogP contribution in [-0.2, 0) is 10.0 Å². The van der Waals surface area contributed by atoms with Gasteiger partial charge >= 0.3 is 0 Å². The molecule has 0 aromatic carbocycles. The van der Waals surface area contributed by atoms with Crippen LogP contribution in [-0.4, -0.2) is 75.9 Å². The van der Waals surface area contributed by atoms with E-state index < -0.39 is 10.0 Å². The first-order chi connectivity index (χ1) is 10.3. The van der Waals surface area contributed by atoms with Gasteiger partial charge in [0.1, 0.15) is 0 Å². The van der Waals surface area contributed by atoms with Crippen molar-refractivity contribution in [3.63, 3.8) is 0 Å². The maximum absolute atomic E-state index is 12.6. The SMILES string of the molecule is CC=CC(=CC)S(=O)(=O)N1CCC(N(C)CCCN(C)C)C1. The van der Waals surface area contributed by atoms with Gasteiger partial charge in [-0.2, -0.15) is 4.31 Å². The Bertz CT molecular complexity index is 498. The maximum atomic E-state index is 12.6. The first-order valence-corrected chi connectivity index (χ1v) is 9.41. The smallest absolute Gasteiger partial charge is 0.242 e. The summed E-state index contributed by atoms with van der Waals surface area (Å²) in [6.45, 7) is 6.87.